The second-order valence-corrected chi connectivity index (χ2v) is 7.35. The van der Waals surface area contributed by atoms with Gasteiger partial charge >= 0.3 is 0 Å². The first-order chi connectivity index (χ1) is 13.0. The molecule has 1 fully saturated rings. The van der Waals surface area contributed by atoms with Crippen molar-refractivity contribution in [2.24, 2.45) is 0 Å². The SMILES string of the molecule is Cc1[nH]c2ccc(Cl)cc2c1CC(=O)N1CCN(c2ccccc2F)CC1. The summed E-state index contributed by atoms with van der Waals surface area (Å²) in [5.74, 6) is -0.129. The second kappa shape index (κ2) is 7.24. The molecule has 1 N–H and O–H groups in total. The lowest BCUT2D eigenvalue weighted by Gasteiger charge is -2.36. The van der Waals surface area contributed by atoms with Crippen LogP contribution in [-0.4, -0.2) is 42.0 Å². The minimum atomic E-state index is -0.219. The van der Waals surface area contributed by atoms with E-state index in [2.05, 4.69) is 4.98 Å². The van der Waals surface area contributed by atoms with Crippen LogP contribution in [0.4, 0.5) is 10.1 Å². The number of H-pyrrole nitrogens is 1. The molecule has 0 unspecified atom stereocenters. The molecule has 0 bridgehead atoms. The van der Waals surface area contributed by atoms with Crippen LogP contribution in [0.3, 0.4) is 0 Å². The van der Waals surface area contributed by atoms with Gasteiger partial charge in [-0.1, -0.05) is 23.7 Å². The number of para-hydroxylation sites is 1. The summed E-state index contributed by atoms with van der Waals surface area (Å²) in [6, 6.07) is 12.5. The highest BCUT2D eigenvalue weighted by atomic mass is 35.5. The third-order valence-corrected chi connectivity index (χ3v) is 5.47. The first-order valence-electron chi connectivity index (χ1n) is 9.07. The van der Waals surface area contributed by atoms with Crippen LogP contribution in [0.2, 0.25) is 5.02 Å². The first kappa shape index (κ1) is 17.9. The molecule has 2 heterocycles. The summed E-state index contributed by atoms with van der Waals surface area (Å²) in [5.41, 5.74) is 3.58. The number of nitrogens with zero attached hydrogens (tertiary/aromatic N) is 2. The molecule has 1 saturated heterocycles. The maximum Gasteiger partial charge on any atom is 0.227 e. The van der Waals surface area contributed by atoms with E-state index >= 15 is 0 Å². The summed E-state index contributed by atoms with van der Waals surface area (Å²) in [7, 11) is 0. The summed E-state index contributed by atoms with van der Waals surface area (Å²) in [5, 5.41) is 1.66. The minimum absolute atomic E-state index is 0.0900. The molecule has 3 aromatic rings. The van der Waals surface area contributed by atoms with E-state index in [1.807, 2.05) is 41.0 Å². The Morgan fingerprint density at radius 2 is 1.89 bits per heavy atom. The van der Waals surface area contributed by atoms with Gasteiger partial charge in [0.1, 0.15) is 5.82 Å². The first-order valence-corrected chi connectivity index (χ1v) is 9.44. The number of hydrogen-bond acceptors (Lipinski definition) is 2. The Labute approximate surface area is 162 Å². The Bertz CT molecular complexity index is 992. The number of piperazine rings is 1. The molecular weight excluding hydrogens is 365 g/mol. The average molecular weight is 386 g/mol. The number of hydrogen-bond donors (Lipinski definition) is 1. The van der Waals surface area contributed by atoms with Crippen LogP contribution in [0.1, 0.15) is 11.3 Å². The summed E-state index contributed by atoms with van der Waals surface area (Å²) in [6.45, 7) is 4.42. The Balaban J connectivity index is 1.45. The summed E-state index contributed by atoms with van der Waals surface area (Å²) >= 11 is 6.13. The number of carbonyl (C=O) groups is 1. The number of halogens is 2. The number of fused-ring (bicyclic) bond motifs is 1. The van der Waals surface area contributed by atoms with Gasteiger partial charge in [0.05, 0.1) is 12.1 Å². The zero-order chi connectivity index (χ0) is 19.0. The zero-order valence-corrected chi connectivity index (χ0v) is 15.9. The lowest BCUT2D eigenvalue weighted by atomic mass is 10.1. The van der Waals surface area contributed by atoms with Crippen molar-refractivity contribution in [2.45, 2.75) is 13.3 Å². The smallest absolute Gasteiger partial charge is 0.227 e. The molecule has 0 spiro atoms. The van der Waals surface area contributed by atoms with Crippen molar-refractivity contribution in [1.82, 2.24) is 9.88 Å². The maximum atomic E-state index is 14.0. The van der Waals surface area contributed by atoms with Crippen LogP contribution in [0.15, 0.2) is 42.5 Å². The quantitative estimate of drug-likeness (QED) is 0.735. The van der Waals surface area contributed by atoms with Crippen LogP contribution in [-0.2, 0) is 11.2 Å². The van der Waals surface area contributed by atoms with E-state index in [9.17, 15) is 9.18 Å². The zero-order valence-electron chi connectivity index (χ0n) is 15.1. The fourth-order valence-electron chi connectivity index (χ4n) is 3.75. The molecule has 6 heteroatoms. The van der Waals surface area contributed by atoms with Crippen LogP contribution < -0.4 is 4.90 Å². The van der Waals surface area contributed by atoms with Crippen LogP contribution in [0.25, 0.3) is 10.9 Å². The number of aryl methyl sites for hydroxylation is 1. The van der Waals surface area contributed by atoms with E-state index < -0.39 is 0 Å². The van der Waals surface area contributed by atoms with Crippen molar-refractivity contribution in [2.75, 3.05) is 31.1 Å². The van der Waals surface area contributed by atoms with E-state index in [0.717, 1.165) is 22.2 Å². The van der Waals surface area contributed by atoms with Crippen LogP contribution in [0, 0.1) is 12.7 Å². The number of amides is 1. The number of anilines is 1. The molecule has 0 radical (unpaired) electrons. The Morgan fingerprint density at radius 1 is 1.15 bits per heavy atom. The van der Waals surface area contributed by atoms with E-state index in [4.69, 9.17) is 11.6 Å². The van der Waals surface area contributed by atoms with E-state index in [0.29, 0.717) is 43.3 Å². The van der Waals surface area contributed by atoms with Gasteiger partial charge in [-0.05, 0) is 42.8 Å². The fourth-order valence-corrected chi connectivity index (χ4v) is 3.92. The van der Waals surface area contributed by atoms with Crippen LogP contribution in [0.5, 0.6) is 0 Å². The van der Waals surface area contributed by atoms with Gasteiger partial charge in [-0.15, -0.1) is 0 Å². The molecule has 4 rings (SSSR count). The lowest BCUT2D eigenvalue weighted by Crippen LogP contribution is -2.49. The van der Waals surface area contributed by atoms with Crippen molar-refractivity contribution in [3.05, 3.63) is 64.6 Å². The summed E-state index contributed by atoms with van der Waals surface area (Å²) in [4.78, 5) is 20.0. The Hall–Kier alpha value is -2.53. The Kier molecular flexibility index (Phi) is 4.79. The van der Waals surface area contributed by atoms with Gasteiger partial charge in [0.2, 0.25) is 5.91 Å². The van der Waals surface area contributed by atoms with E-state index in [-0.39, 0.29) is 11.7 Å². The summed E-state index contributed by atoms with van der Waals surface area (Å²) in [6.07, 6.45) is 0.339. The van der Waals surface area contributed by atoms with Crippen LogP contribution >= 0.6 is 11.6 Å². The largest absolute Gasteiger partial charge is 0.366 e. The molecule has 0 atom stereocenters. The van der Waals surface area contributed by atoms with E-state index in [1.54, 1.807) is 12.1 Å². The standard InChI is InChI=1S/C21H21ClFN3O/c1-14-16(17-12-15(22)6-7-19(17)24-14)13-21(27)26-10-8-25(9-11-26)20-5-3-2-4-18(20)23/h2-7,12,24H,8-11,13H2,1H3. The van der Waals surface area contributed by atoms with Crippen molar-refractivity contribution < 1.29 is 9.18 Å². The number of nitrogens with one attached hydrogen (secondary N) is 1. The molecule has 1 aliphatic rings. The molecule has 27 heavy (non-hydrogen) atoms. The van der Waals surface area contributed by atoms with Crippen molar-refractivity contribution in [3.63, 3.8) is 0 Å². The molecule has 0 aliphatic carbocycles. The predicted octanol–water partition coefficient (Wildman–Crippen LogP) is 4.16. The number of carbonyl (C=O) groups excluding carboxylic acids is 1. The molecule has 2 aromatic carbocycles. The van der Waals surface area contributed by atoms with Gasteiger partial charge in [-0.2, -0.15) is 0 Å². The highest BCUT2D eigenvalue weighted by molar-refractivity contribution is 6.31. The third-order valence-electron chi connectivity index (χ3n) is 5.24. The van der Waals surface area contributed by atoms with Gasteiger partial charge in [0, 0.05) is 47.8 Å². The van der Waals surface area contributed by atoms with E-state index in [1.165, 1.54) is 6.07 Å². The molecule has 1 aromatic heterocycles. The topological polar surface area (TPSA) is 39.3 Å². The maximum absolute atomic E-state index is 14.0. The van der Waals surface area contributed by atoms with Gasteiger partial charge in [-0.3, -0.25) is 4.79 Å². The molecule has 1 aliphatic heterocycles. The van der Waals surface area contributed by atoms with Crippen molar-refractivity contribution in [3.8, 4) is 0 Å². The number of aromatic amines is 1. The molecular formula is C21H21ClFN3O. The Morgan fingerprint density at radius 3 is 2.63 bits per heavy atom. The number of benzene rings is 2. The lowest BCUT2D eigenvalue weighted by molar-refractivity contribution is -0.130. The number of rotatable bonds is 3. The van der Waals surface area contributed by atoms with Gasteiger partial charge in [-0.25, -0.2) is 4.39 Å². The normalized spacial score (nSPS) is 14.8. The predicted molar refractivity (Wildman–Crippen MR) is 107 cm³/mol. The van der Waals surface area contributed by atoms with Gasteiger partial charge in [0.25, 0.3) is 0 Å². The molecule has 1 amide bonds. The average Bonchev–Trinajstić information content (AvgIpc) is 2.97. The molecule has 140 valence electrons. The third kappa shape index (κ3) is 3.52. The highest BCUT2D eigenvalue weighted by Crippen LogP contribution is 2.26. The molecule has 4 nitrogen and oxygen atoms in total. The highest BCUT2D eigenvalue weighted by Gasteiger charge is 2.24. The van der Waals surface area contributed by atoms with Crippen molar-refractivity contribution >= 4 is 34.1 Å². The second-order valence-electron chi connectivity index (χ2n) is 6.91. The monoisotopic (exact) mass is 385 g/mol. The van der Waals surface area contributed by atoms with Gasteiger partial charge < -0.3 is 14.8 Å². The fraction of sp³-hybridized carbons (Fsp3) is 0.286. The van der Waals surface area contributed by atoms with Crippen molar-refractivity contribution in [1.29, 1.82) is 0 Å². The van der Waals surface area contributed by atoms with Gasteiger partial charge in [0.15, 0.2) is 0 Å². The number of aromatic nitrogens is 1. The molecule has 0 saturated carbocycles. The summed E-state index contributed by atoms with van der Waals surface area (Å²) < 4.78 is 14.0. The minimum Gasteiger partial charge on any atom is -0.366 e.